The molecule has 8 heteroatoms. The minimum atomic E-state index is -0.172. The van der Waals surface area contributed by atoms with Crippen LogP contribution in [0.3, 0.4) is 0 Å². The van der Waals surface area contributed by atoms with Crippen LogP contribution in [0.25, 0.3) is 11.3 Å². The van der Waals surface area contributed by atoms with E-state index in [2.05, 4.69) is 20.0 Å². The Balaban J connectivity index is 1.50. The maximum absolute atomic E-state index is 12.1. The molecule has 1 aromatic carbocycles. The fraction of sp³-hybridized carbons (Fsp3) is 0.235. The lowest BCUT2D eigenvalue weighted by Gasteiger charge is -2.26. The highest BCUT2D eigenvalue weighted by Crippen LogP contribution is 2.23. The molecule has 0 amide bonds. The Bertz CT molecular complexity index is 964. The zero-order valence-electron chi connectivity index (χ0n) is 13.3. The van der Waals surface area contributed by atoms with Gasteiger partial charge in [-0.2, -0.15) is 0 Å². The lowest BCUT2D eigenvalue weighted by atomic mass is 10.1. The first-order chi connectivity index (χ1) is 12.1. The third-order valence-corrected chi connectivity index (χ3v) is 4.49. The first kappa shape index (κ1) is 15.9. The molecule has 4 rings (SSSR count). The number of aromatic amines is 1. The van der Waals surface area contributed by atoms with Gasteiger partial charge in [0.1, 0.15) is 0 Å². The standard InChI is InChI=1S/C17H16ClN5O2/c18-11-3-1-10(2-4-11)15-7-12(22-25-15)8-23-6-5-14-13(9-23)16(24)21-17(19)20-14/h1-4,7H,5-6,8-9H2,(H3,19,20,21,24). The fourth-order valence-electron chi connectivity index (χ4n) is 3.00. The summed E-state index contributed by atoms with van der Waals surface area (Å²) in [6, 6.07) is 9.31. The van der Waals surface area contributed by atoms with Crippen molar-refractivity contribution in [2.75, 3.05) is 12.3 Å². The summed E-state index contributed by atoms with van der Waals surface area (Å²) in [7, 11) is 0. The van der Waals surface area contributed by atoms with Gasteiger partial charge in [0.05, 0.1) is 17.0 Å². The normalized spacial score (nSPS) is 14.4. The summed E-state index contributed by atoms with van der Waals surface area (Å²) >= 11 is 5.90. The van der Waals surface area contributed by atoms with Crippen LogP contribution < -0.4 is 11.3 Å². The molecular weight excluding hydrogens is 342 g/mol. The molecule has 128 valence electrons. The van der Waals surface area contributed by atoms with E-state index >= 15 is 0 Å². The van der Waals surface area contributed by atoms with E-state index in [1.54, 1.807) is 0 Å². The van der Waals surface area contributed by atoms with Gasteiger partial charge in [-0.15, -0.1) is 0 Å². The minimum absolute atomic E-state index is 0.168. The Morgan fingerprint density at radius 2 is 2.12 bits per heavy atom. The first-order valence-electron chi connectivity index (χ1n) is 7.90. The zero-order valence-corrected chi connectivity index (χ0v) is 14.1. The third kappa shape index (κ3) is 3.29. The van der Waals surface area contributed by atoms with Crippen LogP contribution in [-0.4, -0.2) is 26.6 Å². The van der Waals surface area contributed by atoms with Crippen LogP contribution in [0, 0.1) is 0 Å². The van der Waals surface area contributed by atoms with E-state index in [4.69, 9.17) is 21.9 Å². The molecule has 3 N–H and O–H groups in total. The zero-order chi connectivity index (χ0) is 17.4. The number of fused-ring (bicyclic) bond motifs is 1. The molecule has 1 aliphatic heterocycles. The van der Waals surface area contributed by atoms with Gasteiger partial charge in [-0.1, -0.05) is 16.8 Å². The molecule has 0 saturated heterocycles. The minimum Gasteiger partial charge on any atom is -0.369 e. The SMILES string of the molecule is Nc1nc2c(c(=O)[nH]1)CN(Cc1cc(-c3ccc(Cl)cc3)on1)CC2. The van der Waals surface area contributed by atoms with Crippen molar-refractivity contribution in [1.82, 2.24) is 20.0 Å². The van der Waals surface area contributed by atoms with Crippen LogP contribution in [-0.2, 0) is 19.5 Å². The summed E-state index contributed by atoms with van der Waals surface area (Å²) < 4.78 is 5.42. The van der Waals surface area contributed by atoms with Gasteiger partial charge < -0.3 is 10.3 Å². The van der Waals surface area contributed by atoms with Crippen molar-refractivity contribution in [3.05, 3.63) is 62.7 Å². The van der Waals surface area contributed by atoms with Crippen LogP contribution in [0.5, 0.6) is 0 Å². The van der Waals surface area contributed by atoms with Crippen molar-refractivity contribution in [3.8, 4) is 11.3 Å². The number of benzene rings is 1. The average Bonchev–Trinajstić information content (AvgIpc) is 3.04. The van der Waals surface area contributed by atoms with Crippen LogP contribution in [0.2, 0.25) is 5.02 Å². The maximum atomic E-state index is 12.1. The number of nitrogens with one attached hydrogen (secondary N) is 1. The fourth-order valence-corrected chi connectivity index (χ4v) is 3.13. The molecule has 0 atom stereocenters. The largest absolute Gasteiger partial charge is 0.369 e. The summed E-state index contributed by atoms with van der Waals surface area (Å²) in [5.41, 5.74) is 8.60. The van der Waals surface area contributed by atoms with Crippen LogP contribution in [0.15, 0.2) is 39.6 Å². The van der Waals surface area contributed by atoms with Gasteiger partial charge in [0.15, 0.2) is 5.76 Å². The Labute approximate surface area is 148 Å². The molecule has 2 aromatic heterocycles. The topological polar surface area (TPSA) is 101 Å². The summed E-state index contributed by atoms with van der Waals surface area (Å²) in [5.74, 6) is 0.859. The highest BCUT2D eigenvalue weighted by molar-refractivity contribution is 6.30. The maximum Gasteiger partial charge on any atom is 0.257 e. The van der Waals surface area contributed by atoms with E-state index in [1.165, 1.54) is 0 Å². The van der Waals surface area contributed by atoms with Crippen LogP contribution in [0.1, 0.15) is 17.0 Å². The van der Waals surface area contributed by atoms with Gasteiger partial charge >= 0.3 is 0 Å². The Kier molecular flexibility index (Phi) is 4.03. The molecule has 0 fully saturated rings. The molecule has 3 aromatic rings. The predicted molar refractivity (Wildman–Crippen MR) is 94.0 cm³/mol. The van der Waals surface area contributed by atoms with E-state index in [0.29, 0.717) is 35.9 Å². The monoisotopic (exact) mass is 357 g/mol. The highest BCUT2D eigenvalue weighted by atomic mass is 35.5. The van der Waals surface area contributed by atoms with Gasteiger partial charge in [0, 0.05) is 42.7 Å². The van der Waals surface area contributed by atoms with Crippen molar-refractivity contribution in [2.24, 2.45) is 0 Å². The second-order valence-electron chi connectivity index (χ2n) is 6.03. The van der Waals surface area contributed by atoms with Crippen molar-refractivity contribution in [2.45, 2.75) is 19.5 Å². The molecule has 0 saturated carbocycles. The number of anilines is 1. The number of rotatable bonds is 3. The van der Waals surface area contributed by atoms with Crippen LogP contribution in [0.4, 0.5) is 5.95 Å². The summed E-state index contributed by atoms with van der Waals surface area (Å²) in [6.45, 7) is 1.90. The van der Waals surface area contributed by atoms with Gasteiger partial charge in [-0.3, -0.25) is 14.7 Å². The molecule has 0 bridgehead atoms. The third-order valence-electron chi connectivity index (χ3n) is 4.24. The number of nitrogen functional groups attached to an aromatic ring is 1. The van der Waals surface area contributed by atoms with Crippen LogP contribution >= 0.6 is 11.6 Å². The Morgan fingerprint density at radius 1 is 1.32 bits per heavy atom. The molecule has 0 unspecified atom stereocenters. The van der Waals surface area contributed by atoms with E-state index < -0.39 is 0 Å². The molecule has 0 spiro atoms. The quantitative estimate of drug-likeness (QED) is 0.745. The second kappa shape index (κ2) is 6.34. The summed E-state index contributed by atoms with van der Waals surface area (Å²) in [6.07, 6.45) is 0.686. The molecule has 7 nitrogen and oxygen atoms in total. The van der Waals surface area contributed by atoms with Gasteiger partial charge in [0.2, 0.25) is 5.95 Å². The van der Waals surface area contributed by atoms with E-state index in [0.717, 1.165) is 23.5 Å². The first-order valence-corrected chi connectivity index (χ1v) is 8.28. The second-order valence-corrected chi connectivity index (χ2v) is 6.46. The Morgan fingerprint density at radius 3 is 2.92 bits per heavy atom. The van der Waals surface area contributed by atoms with Crippen molar-refractivity contribution in [1.29, 1.82) is 0 Å². The molecule has 0 aliphatic carbocycles. The van der Waals surface area contributed by atoms with E-state index in [9.17, 15) is 4.79 Å². The van der Waals surface area contributed by atoms with Crippen molar-refractivity contribution < 1.29 is 4.52 Å². The highest BCUT2D eigenvalue weighted by Gasteiger charge is 2.22. The summed E-state index contributed by atoms with van der Waals surface area (Å²) in [4.78, 5) is 21.0. The number of halogens is 1. The van der Waals surface area contributed by atoms with Gasteiger partial charge in [0.25, 0.3) is 5.56 Å². The van der Waals surface area contributed by atoms with Gasteiger partial charge in [-0.05, 0) is 24.3 Å². The number of hydrogen-bond acceptors (Lipinski definition) is 6. The van der Waals surface area contributed by atoms with E-state index in [1.807, 2.05) is 30.3 Å². The molecule has 0 radical (unpaired) electrons. The lowest BCUT2D eigenvalue weighted by Crippen LogP contribution is -2.35. The molecule has 1 aliphatic rings. The number of H-pyrrole nitrogens is 1. The lowest BCUT2D eigenvalue weighted by molar-refractivity contribution is 0.234. The van der Waals surface area contributed by atoms with Gasteiger partial charge in [-0.25, -0.2) is 4.98 Å². The molecular formula is C17H16ClN5O2. The Hall–Kier alpha value is -2.64. The average molecular weight is 358 g/mol. The van der Waals surface area contributed by atoms with Crippen molar-refractivity contribution in [3.63, 3.8) is 0 Å². The number of hydrogen-bond donors (Lipinski definition) is 2. The predicted octanol–water partition coefficient (Wildman–Crippen LogP) is 2.22. The van der Waals surface area contributed by atoms with E-state index in [-0.39, 0.29) is 11.5 Å². The summed E-state index contributed by atoms with van der Waals surface area (Å²) in [5, 5.41) is 4.81. The number of nitrogens with zero attached hydrogens (tertiary/aromatic N) is 3. The smallest absolute Gasteiger partial charge is 0.257 e. The molecule has 25 heavy (non-hydrogen) atoms. The number of nitrogens with two attached hydrogens (primary N) is 1. The number of aromatic nitrogens is 3. The van der Waals surface area contributed by atoms with Crippen molar-refractivity contribution >= 4 is 17.5 Å². The molecule has 3 heterocycles.